The maximum absolute atomic E-state index is 13.4. The summed E-state index contributed by atoms with van der Waals surface area (Å²) in [7, 11) is 0. The van der Waals surface area contributed by atoms with E-state index in [-0.39, 0.29) is 38.1 Å². The first kappa shape index (κ1) is 28.7. The molecule has 0 atom stereocenters. The fraction of sp³-hybridized carbons (Fsp3) is 0.444. The van der Waals surface area contributed by atoms with Gasteiger partial charge in [0.05, 0.1) is 18.8 Å². The van der Waals surface area contributed by atoms with Crippen molar-refractivity contribution in [2.75, 3.05) is 26.2 Å². The summed E-state index contributed by atoms with van der Waals surface area (Å²) in [5.41, 5.74) is 15.4. The lowest BCUT2D eigenvalue weighted by Crippen LogP contribution is -2.38. The number of rotatable bonds is 11. The Morgan fingerprint density at radius 3 is 2.79 bits per heavy atom. The number of nitrogens with zero attached hydrogens (tertiary/aromatic N) is 4. The van der Waals surface area contributed by atoms with E-state index in [1.54, 1.807) is 12.3 Å². The van der Waals surface area contributed by atoms with Gasteiger partial charge in [0.15, 0.2) is 0 Å². The number of hydrogen-bond donors (Lipinski definition) is 3. The fourth-order valence-corrected chi connectivity index (χ4v) is 3.76. The molecule has 11 nitrogen and oxygen atoms in total. The molecule has 5 N–H and O–H groups in total. The Kier molecular flexibility index (Phi) is 10.7. The number of amides is 2. The Balaban J connectivity index is 1.69. The third-order valence-corrected chi connectivity index (χ3v) is 6.10. The summed E-state index contributed by atoms with van der Waals surface area (Å²) in [6.45, 7) is 8.26. The molecule has 1 aromatic rings. The topological polar surface area (TPSA) is 157 Å². The van der Waals surface area contributed by atoms with E-state index in [0.29, 0.717) is 35.9 Å². The SMILES string of the molecule is C=N/C(CN)=N\C=C(/C)c1ccc2c(c1)N=C(N)CC(C(=O)N(CCC)OCCNC(=O)OC1CCC1)=C2. The molecule has 2 aliphatic rings. The Bertz CT molecular complexity index is 1150. The number of aliphatic imine (C=N–C) groups is 3. The van der Waals surface area contributed by atoms with E-state index in [0.717, 1.165) is 36.0 Å². The second kappa shape index (κ2) is 14.2. The fourth-order valence-electron chi connectivity index (χ4n) is 3.76. The molecule has 0 spiro atoms. The van der Waals surface area contributed by atoms with Gasteiger partial charge in [0.2, 0.25) is 0 Å². The molecule has 3 rings (SSSR count). The van der Waals surface area contributed by atoms with Gasteiger partial charge in [0.25, 0.3) is 5.91 Å². The van der Waals surface area contributed by atoms with Crippen molar-refractivity contribution < 1.29 is 19.2 Å². The van der Waals surface area contributed by atoms with E-state index >= 15 is 0 Å². The monoisotopic (exact) mass is 523 g/mol. The number of benzene rings is 1. The van der Waals surface area contributed by atoms with Crippen LogP contribution in [0.1, 0.15) is 57.1 Å². The van der Waals surface area contributed by atoms with Crippen molar-refractivity contribution in [1.82, 2.24) is 10.4 Å². The van der Waals surface area contributed by atoms with E-state index in [4.69, 9.17) is 21.0 Å². The third-order valence-electron chi connectivity index (χ3n) is 6.10. The van der Waals surface area contributed by atoms with Gasteiger partial charge in [-0.25, -0.2) is 24.8 Å². The molecule has 1 aliphatic carbocycles. The number of fused-ring (bicyclic) bond motifs is 1. The summed E-state index contributed by atoms with van der Waals surface area (Å²) >= 11 is 0. The number of ether oxygens (including phenoxy) is 1. The van der Waals surface area contributed by atoms with E-state index in [2.05, 4.69) is 27.0 Å². The minimum atomic E-state index is -0.466. The average molecular weight is 524 g/mol. The predicted molar refractivity (Wildman–Crippen MR) is 150 cm³/mol. The zero-order chi connectivity index (χ0) is 27.5. The normalized spacial score (nSPS) is 15.9. The zero-order valence-corrected chi connectivity index (χ0v) is 22.1. The van der Waals surface area contributed by atoms with E-state index in [9.17, 15) is 9.59 Å². The lowest BCUT2D eigenvalue weighted by Gasteiger charge is -2.25. The van der Waals surface area contributed by atoms with Crippen LogP contribution < -0.4 is 16.8 Å². The second-order valence-corrected chi connectivity index (χ2v) is 9.07. The molecule has 38 heavy (non-hydrogen) atoms. The number of hydrogen-bond acceptors (Lipinski definition) is 8. The molecule has 0 radical (unpaired) electrons. The second-order valence-electron chi connectivity index (χ2n) is 9.07. The third kappa shape index (κ3) is 8.09. The van der Waals surface area contributed by atoms with Crippen LogP contribution in [-0.2, 0) is 14.4 Å². The quantitative estimate of drug-likeness (QED) is 0.175. The highest BCUT2D eigenvalue weighted by atomic mass is 16.7. The first-order valence-corrected chi connectivity index (χ1v) is 12.8. The molecule has 0 bridgehead atoms. The first-order valence-electron chi connectivity index (χ1n) is 12.8. The number of allylic oxidation sites excluding steroid dienone is 1. The van der Waals surface area contributed by atoms with Crippen LogP contribution in [0.15, 0.2) is 44.9 Å². The van der Waals surface area contributed by atoms with Gasteiger partial charge < -0.3 is 21.5 Å². The molecule has 0 saturated heterocycles. The van der Waals surface area contributed by atoms with Crippen molar-refractivity contribution in [3.05, 3.63) is 41.1 Å². The van der Waals surface area contributed by atoms with Crippen LogP contribution in [0.2, 0.25) is 0 Å². The number of carbonyl (C=O) groups excluding carboxylic acids is 2. The summed E-state index contributed by atoms with van der Waals surface area (Å²) in [6, 6.07) is 5.71. The van der Waals surface area contributed by atoms with Crippen LogP contribution in [0.25, 0.3) is 11.6 Å². The Morgan fingerprint density at radius 2 is 2.13 bits per heavy atom. The van der Waals surface area contributed by atoms with Crippen molar-refractivity contribution in [1.29, 1.82) is 0 Å². The Labute approximate surface area is 223 Å². The highest BCUT2D eigenvalue weighted by Gasteiger charge is 2.23. The molecular weight excluding hydrogens is 486 g/mol. The minimum absolute atomic E-state index is 0.00866. The molecule has 0 unspecified atom stereocenters. The summed E-state index contributed by atoms with van der Waals surface area (Å²) in [6.07, 6.45) is 6.78. The van der Waals surface area contributed by atoms with Crippen LogP contribution >= 0.6 is 0 Å². The zero-order valence-electron chi connectivity index (χ0n) is 22.1. The predicted octanol–water partition coefficient (Wildman–Crippen LogP) is 3.33. The minimum Gasteiger partial charge on any atom is -0.446 e. The number of hydroxylamine groups is 2. The van der Waals surface area contributed by atoms with Crippen LogP contribution in [0.3, 0.4) is 0 Å². The van der Waals surface area contributed by atoms with Crippen LogP contribution in [0.4, 0.5) is 10.5 Å². The van der Waals surface area contributed by atoms with Gasteiger partial charge in [-0.1, -0.05) is 19.1 Å². The molecular formula is C27H37N7O4. The molecule has 1 saturated carbocycles. The van der Waals surface area contributed by atoms with Gasteiger partial charge in [-0.05, 0) is 62.6 Å². The number of nitrogens with one attached hydrogen (secondary N) is 1. The molecule has 1 aromatic carbocycles. The number of carbonyl (C=O) groups is 2. The number of alkyl carbamates (subject to hydrolysis) is 1. The molecule has 1 fully saturated rings. The number of amidine groups is 2. The first-order chi connectivity index (χ1) is 18.3. The van der Waals surface area contributed by atoms with Crippen LogP contribution in [0, 0.1) is 0 Å². The summed E-state index contributed by atoms with van der Waals surface area (Å²) < 4.78 is 5.26. The van der Waals surface area contributed by atoms with E-state index < -0.39 is 6.09 Å². The maximum Gasteiger partial charge on any atom is 0.407 e. The van der Waals surface area contributed by atoms with Crippen molar-refractivity contribution in [2.45, 2.75) is 52.1 Å². The molecule has 0 aromatic heterocycles. The summed E-state index contributed by atoms with van der Waals surface area (Å²) in [5.74, 6) is 0.463. The van der Waals surface area contributed by atoms with Crippen molar-refractivity contribution in [3.63, 3.8) is 0 Å². The van der Waals surface area contributed by atoms with Gasteiger partial charge in [-0.15, -0.1) is 0 Å². The van der Waals surface area contributed by atoms with Gasteiger partial charge in [-0.3, -0.25) is 9.63 Å². The smallest absolute Gasteiger partial charge is 0.407 e. The van der Waals surface area contributed by atoms with Gasteiger partial charge in [-0.2, -0.15) is 0 Å². The lowest BCUT2D eigenvalue weighted by atomic mass is 9.96. The number of nitrogens with two attached hydrogens (primary N) is 2. The molecule has 1 heterocycles. The van der Waals surface area contributed by atoms with Gasteiger partial charge in [0.1, 0.15) is 17.8 Å². The largest absolute Gasteiger partial charge is 0.446 e. The van der Waals surface area contributed by atoms with E-state index in [1.807, 2.05) is 32.0 Å². The van der Waals surface area contributed by atoms with Gasteiger partial charge >= 0.3 is 6.09 Å². The van der Waals surface area contributed by atoms with Crippen molar-refractivity contribution in [2.24, 2.45) is 26.4 Å². The van der Waals surface area contributed by atoms with Crippen LogP contribution in [0.5, 0.6) is 0 Å². The van der Waals surface area contributed by atoms with Crippen molar-refractivity contribution >= 4 is 47.7 Å². The molecule has 1 aliphatic heterocycles. The highest BCUT2D eigenvalue weighted by molar-refractivity contribution is 6.05. The standard InChI is InChI=1S/C27H37N7O4/c1-4-11-34(37-12-10-31-27(36)38-22-6-5-7-22)26(35)21-13-20-9-8-19(14-23(20)33-24(29)15-21)18(2)17-32-25(16-28)30-3/h8-9,13-14,17,22H,3-7,10-12,15-16,28H2,1-2H3,(H2,29,33)(H,31,36)/b18-17+,32-25-. The van der Waals surface area contributed by atoms with Gasteiger partial charge in [0, 0.05) is 36.8 Å². The van der Waals surface area contributed by atoms with Crippen LogP contribution in [-0.4, -0.2) is 67.8 Å². The maximum atomic E-state index is 13.4. The summed E-state index contributed by atoms with van der Waals surface area (Å²) in [4.78, 5) is 43.5. The Morgan fingerprint density at radius 1 is 1.34 bits per heavy atom. The lowest BCUT2D eigenvalue weighted by molar-refractivity contribution is -0.181. The highest BCUT2D eigenvalue weighted by Crippen LogP contribution is 2.30. The molecule has 2 amide bonds. The summed E-state index contributed by atoms with van der Waals surface area (Å²) in [5, 5.41) is 3.97. The Hall–Kier alpha value is -3.83. The molecule has 11 heteroatoms. The average Bonchev–Trinajstić information content (AvgIpc) is 3.05. The molecule has 204 valence electrons. The van der Waals surface area contributed by atoms with E-state index in [1.165, 1.54) is 5.06 Å². The van der Waals surface area contributed by atoms with Crippen molar-refractivity contribution in [3.8, 4) is 0 Å².